The van der Waals surface area contributed by atoms with Gasteiger partial charge in [0.05, 0.1) is 23.3 Å². The minimum Gasteiger partial charge on any atom is -0.496 e. The number of ether oxygens (including phenoxy) is 2. The lowest BCUT2D eigenvalue weighted by Crippen LogP contribution is -2.55. The van der Waals surface area contributed by atoms with E-state index in [0.717, 1.165) is 14.9 Å². The molecule has 37 heavy (non-hydrogen) atoms. The Labute approximate surface area is 231 Å². The molecular formula is C28H35IN2O6. The van der Waals surface area contributed by atoms with Gasteiger partial charge in [0.25, 0.3) is 0 Å². The number of para-hydroxylation sites is 2. The molecule has 0 saturated heterocycles. The molecule has 0 heterocycles. The van der Waals surface area contributed by atoms with E-state index in [9.17, 15) is 14.7 Å². The van der Waals surface area contributed by atoms with E-state index in [1.165, 1.54) is 0 Å². The summed E-state index contributed by atoms with van der Waals surface area (Å²) in [4.78, 5) is 27.9. The number of nitrogens with zero attached hydrogens (tertiary/aromatic N) is 1. The SMILES string of the molecule is CCCC(=O)N(CCc1ccccc1OC)[C@@H]1CC(C(=O)NCCO)=C[C@H](Oc2ccccc2I)[C@H]1O. The fraction of sp³-hybridized carbons (Fsp3) is 0.429. The van der Waals surface area contributed by atoms with Crippen LogP contribution < -0.4 is 14.8 Å². The van der Waals surface area contributed by atoms with Gasteiger partial charge in [0.2, 0.25) is 11.8 Å². The summed E-state index contributed by atoms with van der Waals surface area (Å²) in [6.07, 6.45) is 1.42. The van der Waals surface area contributed by atoms with Gasteiger partial charge in [-0.25, -0.2) is 0 Å². The normalized spacial score (nSPS) is 19.1. The molecule has 2 aromatic rings. The topological polar surface area (TPSA) is 108 Å². The molecule has 0 unspecified atom stereocenters. The second-order valence-corrected chi connectivity index (χ2v) is 10.0. The number of carbonyl (C=O) groups excluding carboxylic acids is 2. The molecule has 0 bridgehead atoms. The molecule has 0 aromatic heterocycles. The number of benzene rings is 2. The molecule has 1 aliphatic rings. The Balaban J connectivity index is 1.93. The zero-order valence-corrected chi connectivity index (χ0v) is 23.4. The lowest BCUT2D eigenvalue weighted by molar-refractivity contribution is -0.138. The highest BCUT2D eigenvalue weighted by Gasteiger charge is 2.40. The second-order valence-electron chi connectivity index (χ2n) is 8.85. The van der Waals surface area contributed by atoms with Crippen LogP contribution in [0, 0.1) is 3.57 Å². The molecule has 0 radical (unpaired) electrons. The van der Waals surface area contributed by atoms with Crippen LogP contribution in [-0.4, -0.2) is 72.0 Å². The van der Waals surface area contributed by atoms with Crippen LogP contribution >= 0.6 is 22.6 Å². The van der Waals surface area contributed by atoms with Crippen LogP contribution in [0.1, 0.15) is 31.7 Å². The fourth-order valence-electron chi connectivity index (χ4n) is 4.45. The van der Waals surface area contributed by atoms with Crippen molar-refractivity contribution in [3.05, 3.63) is 69.3 Å². The summed E-state index contributed by atoms with van der Waals surface area (Å²) >= 11 is 2.16. The van der Waals surface area contributed by atoms with E-state index in [2.05, 4.69) is 27.9 Å². The number of amides is 2. The number of rotatable bonds is 12. The molecule has 2 aromatic carbocycles. The summed E-state index contributed by atoms with van der Waals surface area (Å²) in [5.41, 5.74) is 1.36. The van der Waals surface area contributed by atoms with Gasteiger partial charge in [-0.1, -0.05) is 37.3 Å². The maximum Gasteiger partial charge on any atom is 0.247 e. The lowest BCUT2D eigenvalue weighted by Gasteiger charge is -2.40. The zero-order chi connectivity index (χ0) is 26.8. The molecule has 0 spiro atoms. The summed E-state index contributed by atoms with van der Waals surface area (Å²) in [7, 11) is 1.61. The van der Waals surface area contributed by atoms with Crippen molar-refractivity contribution < 1.29 is 29.3 Å². The van der Waals surface area contributed by atoms with Gasteiger partial charge in [0.15, 0.2) is 0 Å². The molecule has 3 N–H and O–H groups in total. The number of halogens is 1. The number of hydrogen-bond acceptors (Lipinski definition) is 6. The molecule has 0 fully saturated rings. The van der Waals surface area contributed by atoms with Crippen molar-refractivity contribution >= 4 is 34.4 Å². The molecule has 2 amide bonds. The van der Waals surface area contributed by atoms with Gasteiger partial charge < -0.3 is 29.9 Å². The van der Waals surface area contributed by atoms with Crippen LogP contribution in [0.4, 0.5) is 0 Å². The van der Waals surface area contributed by atoms with Crippen molar-refractivity contribution in [2.24, 2.45) is 0 Å². The van der Waals surface area contributed by atoms with Crippen LogP contribution in [-0.2, 0) is 16.0 Å². The van der Waals surface area contributed by atoms with Gasteiger partial charge in [0.1, 0.15) is 23.7 Å². The van der Waals surface area contributed by atoms with Gasteiger partial charge in [-0.05, 0) is 65.3 Å². The first kappa shape index (κ1) is 28.9. The smallest absolute Gasteiger partial charge is 0.247 e. The van der Waals surface area contributed by atoms with Crippen LogP contribution in [0.25, 0.3) is 0 Å². The molecular weight excluding hydrogens is 587 g/mol. The van der Waals surface area contributed by atoms with Gasteiger partial charge in [-0.2, -0.15) is 0 Å². The first-order valence-corrected chi connectivity index (χ1v) is 13.6. The minimum atomic E-state index is -1.05. The first-order chi connectivity index (χ1) is 17.9. The summed E-state index contributed by atoms with van der Waals surface area (Å²) in [5.74, 6) is 0.875. The van der Waals surface area contributed by atoms with Gasteiger partial charge in [-0.3, -0.25) is 9.59 Å². The van der Waals surface area contributed by atoms with Crippen molar-refractivity contribution in [3.8, 4) is 11.5 Å². The molecule has 9 heteroatoms. The quantitative estimate of drug-likeness (QED) is 0.314. The summed E-state index contributed by atoms with van der Waals surface area (Å²) < 4.78 is 12.5. The van der Waals surface area contributed by atoms with Crippen molar-refractivity contribution in [1.82, 2.24) is 10.2 Å². The molecule has 3 rings (SSSR count). The van der Waals surface area contributed by atoms with Crippen molar-refractivity contribution in [1.29, 1.82) is 0 Å². The standard InChI is InChI=1S/C28H35IN2O6/c1-3-8-26(33)31(15-13-19-9-4-6-11-23(19)36-2)22-17-20(28(35)30-14-16-32)18-25(27(22)34)37-24-12-7-5-10-21(24)29/h4-7,9-12,18,22,25,27,32,34H,3,8,13-17H2,1-2H3,(H,30,35)/t22-,25+,27+/m1/s1. The van der Waals surface area contributed by atoms with Crippen LogP contribution in [0.3, 0.4) is 0 Å². The highest BCUT2D eigenvalue weighted by molar-refractivity contribution is 14.1. The largest absolute Gasteiger partial charge is 0.496 e. The Morgan fingerprint density at radius 3 is 2.51 bits per heavy atom. The highest BCUT2D eigenvalue weighted by atomic mass is 127. The number of nitrogens with one attached hydrogen (secondary N) is 1. The lowest BCUT2D eigenvalue weighted by atomic mass is 9.87. The van der Waals surface area contributed by atoms with Gasteiger partial charge >= 0.3 is 0 Å². The van der Waals surface area contributed by atoms with E-state index in [1.807, 2.05) is 49.4 Å². The minimum absolute atomic E-state index is 0.0912. The Morgan fingerprint density at radius 2 is 1.84 bits per heavy atom. The third-order valence-corrected chi connectivity index (χ3v) is 7.20. The number of aliphatic hydroxyl groups is 2. The summed E-state index contributed by atoms with van der Waals surface area (Å²) in [6.45, 7) is 2.21. The van der Waals surface area contributed by atoms with Gasteiger partial charge in [0, 0.05) is 31.5 Å². The highest BCUT2D eigenvalue weighted by Crippen LogP contribution is 2.30. The zero-order valence-electron chi connectivity index (χ0n) is 21.2. The van der Waals surface area contributed by atoms with E-state index < -0.39 is 18.2 Å². The third-order valence-electron chi connectivity index (χ3n) is 6.31. The van der Waals surface area contributed by atoms with E-state index in [-0.39, 0.29) is 31.4 Å². The van der Waals surface area contributed by atoms with Crippen molar-refractivity contribution in [2.75, 3.05) is 26.8 Å². The Hall–Kier alpha value is -2.63. The Kier molecular flexibility index (Phi) is 11.2. The predicted octanol–water partition coefficient (Wildman–Crippen LogP) is 3.09. The maximum atomic E-state index is 13.3. The molecule has 200 valence electrons. The molecule has 0 saturated carbocycles. The molecule has 1 aliphatic carbocycles. The first-order valence-electron chi connectivity index (χ1n) is 12.5. The predicted molar refractivity (Wildman–Crippen MR) is 149 cm³/mol. The number of carbonyl (C=O) groups is 2. The summed E-state index contributed by atoms with van der Waals surface area (Å²) in [5, 5.41) is 23.3. The number of hydrogen-bond donors (Lipinski definition) is 3. The fourth-order valence-corrected chi connectivity index (χ4v) is 4.96. The maximum absolute atomic E-state index is 13.3. The van der Waals surface area contributed by atoms with Crippen LogP contribution in [0.5, 0.6) is 11.5 Å². The molecule has 8 nitrogen and oxygen atoms in total. The second kappa shape index (κ2) is 14.3. The third kappa shape index (κ3) is 7.68. The average Bonchev–Trinajstić information content (AvgIpc) is 2.90. The van der Waals surface area contributed by atoms with E-state index in [0.29, 0.717) is 37.1 Å². The molecule has 3 atom stereocenters. The van der Waals surface area contributed by atoms with Crippen molar-refractivity contribution in [2.45, 2.75) is 50.9 Å². The number of methoxy groups -OCH3 is 1. The Morgan fingerprint density at radius 1 is 1.14 bits per heavy atom. The van der Waals surface area contributed by atoms with E-state index in [1.54, 1.807) is 24.2 Å². The van der Waals surface area contributed by atoms with E-state index in [4.69, 9.17) is 14.6 Å². The van der Waals surface area contributed by atoms with Crippen LogP contribution in [0.2, 0.25) is 0 Å². The van der Waals surface area contributed by atoms with E-state index >= 15 is 0 Å². The van der Waals surface area contributed by atoms with Crippen molar-refractivity contribution in [3.63, 3.8) is 0 Å². The van der Waals surface area contributed by atoms with Gasteiger partial charge in [-0.15, -0.1) is 0 Å². The number of aliphatic hydroxyl groups excluding tert-OH is 2. The Bertz CT molecular complexity index is 1090. The molecule has 0 aliphatic heterocycles. The van der Waals surface area contributed by atoms with Crippen LogP contribution in [0.15, 0.2) is 60.2 Å². The average molecular weight is 623 g/mol. The summed E-state index contributed by atoms with van der Waals surface area (Å²) in [6, 6.07) is 14.4. The monoisotopic (exact) mass is 622 g/mol.